The molecule has 3 rings (SSSR count). The lowest BCUT2D eigenvalue weighted by Gasteiger charge is -2.33. The van der Waals surface area contributed by atoms with Crippen LogP contribution in [0.15, 0.2) is 18.3 Å². The molecule has 1 aliphatic heterocycles. The fourth-order valence-corrected chi connectivity index (χ4v) is 4.97. The first-order chi connectivity index (χ1) is 14.7. The second kappa shape index (κ2) is 12.1. The van der Waals surface area contributed by atoms with E-state index in [1.54, 1.807) is 0 Å². The Kier molecular flexibility index (Phi) is 9.23. The Labute approximate surface area is 183 Å². The van der Waals surface area contributed by atoms with Gasteiger partial charge in [-0.25, -0.2) is 0 Å². The second-order valence-electron chi connectivity index (χ2n) is 8.97. The number of nitrogens with one attached hydrogen (secondary N) is 1. The van der Waals surface area contributed by atoms with E-state index in [-0.39, 0.29) is 11.8 Å². The van der Waals surface area contributed by atoms with Crippen LogP contribution in [0.4, 0.5) is 11.4 Å². The third-order valence-electron chi connectivity index (χ3n) is 6.65. The molecule has 4 nitrogen and oxygen atoms in total. The topological polar surface area (TPSA) is 45.2 Å². The number of carbonyl (C=O) groups excluding carboxylic acids is 1. The van der Waals surface area contributed by atoms with Crippen molar-refractivity contribution in [3.63, 3.8) is 0 Å². The number of pyridine rings is 1. The molecule has 30 heavy (non-hydrogen) atoms. The Bertz CT molecular complexity index is 706. The van der Waals surface area contributed by atoms with Gasteiger partial charge in [-0.3, -0.25) is 9.78 Å². The van der Waals surface area contributed by atoms with Crippen molar-refractivity contribution in [2.45, 2.75) is 97.3 Å². The van der Waals surface area contributed by atoms with E-state index in [1.165, 1.54) is 55.5 Å². The van der Waals surface area contributed by atoms with Crippen molar-refractivity contribution in [3.05, 3.63) is 29.6 Å². The number of aromatic nitrogens is 1. The first-order valence-electron chi connectivity index (χ1n) is 12.5. The molecule has 2 aliphatic rings. The number of amides is 1. The van der Waals surface area contributed by atoms with Gasteiger partial charge in [0.15, 0.2) is 0 Å². The molecule has 1 unspecified atom stereocenters. The summed E-state index contributed by atoms with van der Waals surface area (Å²) in [7, 11) is 0. The molecular weight excluding hydrogens is 370 g/mol. The fraction of sp³-hybridized carbons (Fsp3) is 0.692. The summed E-state index contributed by atoms with van der Waals surface area (Å²) in [5, 5.41) is 3.34. The summed E-state index contributed by atoms with van der Waals surface area (Å²) in [5.41, 5.74) is 4.75. The van der Waals surface area contributed by atoms with Gasteiger partial charge in [0.05, 0.1) is 17.6 Å². The van der Waals surface area contributed by atoms with Crippen LogP contribution in [0.1, 0.15) is 95.7 Å². The van der Waals surface area contributed by atoms with Gasteiger partial charge >= 0.3 is 0 Å². The van der Waals surface area contributed by atoms with Crippen LogP contribution < -0.4 is 10.2 Å². The lowest BCUT2D eigenvalue weighted by atomic mass is 9.93. The van der Waals surface area contributed by atoms with Crippen LogP contribution >= 0.6 is 0 Å². The van der Waals surface area contributed by atoms with E-state index in [2.05, 4.69) is 36.2 Å². The van der Waals surface area contributed by atoms with E-state index in [9.17, 15) is 4.79 Å². The normalized spacial score (nSPS) is 21.8. The maximum atomic E-state index is 13.3. The molecule has 0 saturated carbocycles. The molecule has 1 amide bonds. The summed E-state index contributed by atoms with van der Waals surface area (Å²) in [6.45, 7) is 6.59. The van der Waals surface area contributed by atoms with Gasteiger partial charge in [0.25, 0.3) is 0 Å². The van der Waals surface area contributed by atoms with Crippen LogP contribution in [0.3, 0.4) is 0 Å². The Hall–Kier alpha value is -1.84. The number of nitrogens with zero attached hydrogens (tertiary/aromatic N) is 2. The van der Waals surface area contributed by atoms with Crippen molar-refractivity contribution in [3.8, 4) is 0 Å². The summed E-state index contributed by atoms with van der Waals surface area (Å²) in [6, 6.07) is 0. The minimum absolute atomic E-state index is 0.0995. The number of aryl methyl sites for hydroxylation is 1. The predicted octanol–water partition coefficient (Wildman–Crippen LogP) is 6.44. The Balaban J connectivity index is 1.85. The standard InChI is InChI=1S/C26H41N3O/c1-3-15-22-23(4-2)27-20-24(25(22)29-18-13-10-14-19-29)28-26(30)21-16-11-8-6-5-7-9-12-17-21/h6,8,20-21H,3-5,7,9-19H2,1-2H3,(H,28,30)/b8-6-. The smallest absolute Gasteiger partial charge is 0.227 e. The quantitative estimate of drug-likeness (QED) is 0.548. The SMILES string of the molecule is CCCc1c(CC)ncc(NC(=O)C2CC/C=C\CCCCC2)c1N1CCCCC1. The number of rotatable bonds is 6. The van der Waals surface area contributed by atoms with Crippen LogP contribution in [-0.4, -0.2) is 24.0 Å². The van der Waals surface area contributed by atoms with Crippen molar-refractivity contribution >= 4 is 17.3 Å². The van der Waals surface area contributed by atoms with E-state index in [0.29, 0.717) is 0 Å². The lowest BCUT2D eigenvalue weighted by Crippen LogP contribution is -2.32. The van der Waals surface area contributed by atoms with Crippen LogP contribution in [0.5, 0.6) is 0 Å². The molecule has 1 saturated heterocycles. The molecular formula is C26H41N3O. The zero-order valence-electron chi connectivity index (χ0n) is 19.2. The van der Waals surface area contributed by atoms with Gasteiger partial charge in [-0.1, -0.05) is 45.3 Å². The van der Waals surface area contributed by atoms with Crippen molar-refractivity contribution in [1.29, 1.82) is 0 Å². The highest BCUT2D eigenvalue weighted by Gasteiger charge is 2.24. The largest absolute Gasteiger partial charge is 0.370 e. The molecule has 0 spiro atoms. The number of allylic oxidation sites excluding steroid dienone is 2. The summed E-state index contributed by atoms with van der Waals surface area (Å²) in [4.78, 5) is 20.6. The van der Waals surface area contributed by atoms with Crippen molar-refractivity contribution < 1.29 is 4.79 Å². The average molecular weight is 412 g/mol. The minimum atomic E-state index is 0.0995. The molecule has 0 bridgehead atoms. The highest BCUT2D eigenvalue weighted by atomic mass is 16.1. The van der Waals surface area contributed by atoms with Crippen molar-refractivity contribution in [2.75, 3.05) is 23.3 Å². The number of hydrogen-bond donors (Lipinski definition) is 1. The van der Waals surface area contributed by atoms with Gasteiger partial charge in [-0.15, -0.1) is 0 Å². The van der Waals surface area contributed by atoms with Gasteiger partial charge in [0.1, 0.15) is 0 Å². The molecule has 4 heteroatoms. The van der Waals surface area contributed by atoms with Crippen LogP contribution in [-0.2, 0) is 17.6 Å². The molecule has 1 aromatic rings. The predicted molar refractivity (Wildman–Crippen MR) is 127 cm³/mol. The van der Waals surface area contributed by atoms with Crippen LogP contribution in [0.25, 0.3) is 0 Å². The van der Waals surface area contributed by atoms with E-state index in [1.807, 2.05) is 6.20 Å². The Morgan fingerprint density at radius 1 is 1.03 bits per heavy atom. The third-order valence-corrected chi connectivity index (χ3v) is 6.65. The zero-order chi connectivity index (χ0) is 21.2. The molecule has 2 heterocycles. The maximum absolute atomic E-state index is 13.3. The highest BCUT2D eigenvalue weighted by Crippen LogP contribution is 2.35. The summed E-state index contributed by atoms with van der Waals surface area (Å²) in [5.74, 6) is 0.290. The minimum Gasteiger partial charge on any atom is -0.370 e. The van der Waals surface area contributed by atoms with Gasteiger partial charge in [0.2, 0.25) is 5.91 Å². The maximum Gasteiger partial charge on any atom is 0.227 e. The fourth-order valence-electron chi connectivity index (χ4n) is 4.97. The molecule has 1 aliphatic carbocycles. The molecule has 166 valence electrons. The number of hydrogen-bond acceptors (Lipinski definition) is 3. The average Bonchev–Trinajstić information content (AvgIpc) is 2.78. The molecule has 1 atom stereocenters. The van der Waals surface area contributed by atoms with Crippen molar-refractivity contribution in [1.82, 2.24) is 4.98 Å². The first kappa shape index (κ1) is 22.8. The highest BCUT2D eigenvalue weighted by molar-refractivity contribution is 5.96. The van der Waals surface area contributed by atoms with Gasteiger partial charge in [-0.05, 0) is 69.8 Å². The first-order valence-corrected chi connectivity index (χ1v) is 12.5. The summed E-state index contributed by atoms with van der Waals surface area (Å²) < 4.78 is 0. The van der Waals surface area contributed by atoms with Crippen LogP contribution in [0, 0.1) is 5.92 Å². The van der Waals surface area contributed by atoms with E-state index in [4.69, 9.17) is 4.98 Å². The monoisotopic (exact) mass is 411 g/mol. The second-order valence-corrected chi connectivity index (χ2v) is 8.97. The van der Waals surface area contributed by atoms with Crippen molar-refractivity contribution in [2.24, 2.45) is 5.92 Å². The van der Waals surface area contributed by atoms with Gasteiger partial charge in [-0.2, -0.15) is 0 Å². The number of anilines is 2. The number of carbonyl (C=O) groups is 1. The Morgan fingerprint density at radius 2 is 1.80 bits per heavy atom. The summed E-state index contributed by atoms with van der Waals surface area (Å²) >= 11 is 0. The third kappa shape index (κ3) is 6.09. The summed E-state index contributed by atoms with van der Waals surface area (Å²) in [6.07, 6.45) is 21.1. The lowest BCUT2D eigenvalue weighted by molar-refractivity contribution is -0.120. The molecule has 1 fully saturated rings. The van der Waals surface area contributed by atoms with Crippen LogP contribution in [0.2, 0.25) is 0 Å². The van der Waals surface area contributed by atoms with Gasteiger partial charge in [0, 0.05) is 24.7 Å². The zero-order valence-corrected chi connectivity index (χ0v) is 19.2. The molecule has 1 N–H and O–H groups in total. The van der Waals surface area contributed by atoms with Gasteiger partial charge < -0.3 is 10.2 Å². The van der Waals surface area contributed by atoms with E-state index in [0.717, 1.165) is 63.7 Å². The van der Waals surface area contributed by atoms with E-state index >= 15 is 0 Å². The Morgan fingerprint density at radius 3 is 2.57 bits per heavy atom. The van der Waals surface area contributed by atoms with E-state index < -0.39 is 0 Å². The molecule has 0 radical (unpaired) electrons. The number of piperidine rings is 1. The molecule has 1 aromatic heterocycles. The molecule has 0 aromatic carbocycles.